The smallest absolute Gasteiger partial charge is 0.266 e. The van der Waals surface area contributed by atoms with E-state index in [4.69, 9.17) is 25.9 Å². The van der Waals surface area contributed by atoms with Gasteiger partial charge in [0.2, 0.25) is 5.91 Å². The number of amides is 2. The molecule has 3 aromatic rings. The largest absolute Gasteiger partial charge is 0.493 e. The van der Waals surface area contributed by atoms with Crippen molar-refractivity contribution in [1.82, 2.24) is 0 Å². The molecule has 2 fully saturated rings. The summed E-state index contributed by atoms with van der Waals surface area (Å²) >= 11 is 6.02. The molecule has 3 unspecified atom stereocenters. The maximum Gasteiger partial charge on any atom is 0.266 e. The highest BCUT2D eigenvalue weighted by Gasteiger charge is 2.60. The first-order chi connectivity index (χ1) is 17.5. The van der Waals surface area contributed by atoms with E-state index in [0.717, 1.165) is 24.1 Å². The molecule has 5 rings (SSSR count). The number of para-hydroxylation sites is 1. The SMILES string of the molecule is CCCCOc1ccc(C2C3C(=O)N(c4ccc(Cl)cc4)C(=O)C3ON2c2ccccc2)cc1OC. The van der Waals surface area contributed by atoms with E-state index in [0.29, 0.717) is 28.8 Å². The number of rotatable bonds is 8. The van der Waals surface area contributed by atoms with Crippen LogP contribution in [0.2, 0.25) is 5.02 Å². The Morgan fingerprint density at radius 1 is 0.917 bits per heavy atom. The zero-order valence-corrected chi connectivity index (χ0v) is 20.9. The van der Waals surface area contributed by atoms with Crippen molar-refractivity contribution in [3.05, 3.63) is 83.4 Å². The first-order valence-electron chi connectivity index (χ1n) is 12.0. The summed E-state index contributed by atoms with van der Waals surface area (Å²) in [4.78, 5) is 34.6. The highest BCUT2D eigenvalue weighted by Crippen LogP contribution is 2.48. The van der Waals surface area contributed by atoms with Crippen LogP contribution in [-0.2, 0) is 14.4 Å². The van der Waals surface area contributed by atoms with E-state index in [1.165, 1.54) is 4.90 Å². The normalized spacial score (nSPS) is 21.1. The second-order valence-corrected chi connectivity index (χ2v) is 9.20. The number of ether oxygens (including phenoxy) is 2. The second-order valence-electron chi connectivity index (χ2n) is 8.76. The average Bonchev–Trinajstić information content (AvgIpc) is 3.41. The summed E-state index contributed by atoms with van der Waals surface area (Å²) in [6.07, 6.45) is 1.00. The first kappa shape index (κ1) is 24.2. The van der Waals surface area contributed by atoms with E-state index >= 15 is 0 Å². The van der Waals surface area contributed by atoms with Gasteiger partial charge in [-0.15, -0.1) is 0 Å². The molecule has 2 heterocycles. The predicted octanol–water partition coefficient (Wildman–Crippen LogP) is 5.58. The molecule has 36 heavy (non-hydrogen) atoms. The van der Waals surface area contributed by atoms with Gasteiger partial charge in [0, 0.05) is 5.02 Å². The fourth-order valence-corrected chi connectivity index (χ4v) is 4.84. The number of hydrogen-bond donors (Lipinski definition) is 0. The van der Waals surface area contributed by atoms with Crippen LogP contribution in [0.1, 0.15) is 31.4 Å². The number of unbranched alkanes of at least 4 members (excludes halogenated alkanes) is 1. The van der Waals surface area contributed by atoms with E-state index in [1.807, 2.05) is 48.5 Å². The fourth-order valence-electron chi connectivity index (χ4n) is 4.71. The third-order valence-electron chi connectivity index (χ3n) is 6.50. The summed E-state index contributed by atoms with van der Waals surface area (Å²) in [7, 11) is 1.58. The molecule has 3 aromatic carbocycles. The lowest BCUT2D eigenvalue weighted by molar-refractivity contribution is -0.126. The van der Waals surface area contributed by atoms with Crippen LogP contribution in [-0.4, -0.2) is 31.6 Å². The number of hydrogen-bond acceptors (Lipinski definition) is 6. The summed E-state index contributed by atoms with van der Waals surface area (Å²) in [6.45, 7) is 2.69. The van der Waals surface area contributed by atoms with Crippen molar-refractivity contribution in [3.8, 4) is 11.5 Å². The zero-order valence-electron chi connectivity index (χ0n) is 20.1. The van der Waals surface area contributed by atoms with Gasteiger partial charge in [-0.3, -0.25) is 14.4 Å². The molecule has 2 aliphatic heterocycles. The van der Waals surface area contributed by atoms with Crippen LogP contribution >= 0.6 is 11.6 Å². The third-order valence-corrected chi connectivity index (χ3v) is 6.75. The van der Waals surface area contributed by atoms with E-state index in [1.54, 1.807) is 36.4 Å². The predicted molar refractivity (Wildman–Crippen MR) is 137 cm³/mol. The van der Waals surface area contributed by atoms with Crippen LogP contribution in [0.5, 0.6) is 11.5 Å². The van der Waals surface area contributed by atoms with Crippen molar-refractivity contribution in [2.45, 2.75) is 31.9 Å². The number of methoxy groups -OCH3 is 1. The van der Waals surface area contributed by atoms with Crippen LogP contribution in [0.25, 0.3) is 0 Å². The number of nitrogens with zero attached hydrogens (tertiary/aromatic N) is 2. The van der Waals surface area contributed by atoms with Crippen molar-refractivity contribution in [3.63, 3.8) is 0 Å². The number of imide groups is 1. The fraction of sp³-hybridized carbons (Fsp3) is 0.286. The van der Waals surface area contributed by atoms with Crippen molar-refractivity contribution < 1.29 is 23.9 Å². The molecular weight excluding hydrogens is 480 g/mol. The standard InChI is InChI=1S/C28H27ClN2O5/c1-3-4-16-35-22-15-10-18(17-23(22)34-2)25-24-26(36-31(25)21-8-6-5-7-9-21)28(33)30(27(24)32)20-13-11-19(29)12-14-20/h5-15,17,24-26H,3-4,16H2,1-2H3. The number of benzene rings is 3. The van der Waals surface area contributed by atoms with Gasteiger partial charge in [-0.25, -0.2) is 9.96 Å². The molecule has 8 heteroatoms. The maximum atomic E-state index is 13.7. The average molecular weight is 507 g/mol. The molecule has 0 bridgehead atoms. The van der Waals surface area contributed by atoms with Crippen LogP contribution in [0.3, 0.4) is 0 Å². The van der Waals surface area contributed by atoms with Gasteiger partial charge in [0.15, 0.2) is 17.6 Å². The number of halogens is 1. The molecule has 0 aliphatic carbocycles. The second kappa shape index (κ2) is 10.2. The Morgan fingerprint density at radius 2 is 1.67 bits per heavy atom. The summed E-state index contributed by atoms with van der Waals surface area (Å²) < 4.78 is 11.5. The molecule has 0 aromatic heterocycles. The molecule has 2 saturated heterocycles. The van der Waals surface area contributed by atoms with E-state index in [9.17, 15) is 9.59 Å². The van der Waals surface area contributed by atoms with Gasteiger partial charge in [-0.05, 0) is 60.5 Å². The van der Waals surface area contributed by atoms with Crippen LogP contribution in [0.15, 0.2) is 72.8 Å². The van der Waals surface area contributed by atoms with Crippen LogP contribution in [0.4, 0.5) is 11.4 Å². The summed E-state index contributed by atoms with van der Waals surface area (Å²) in [6, 6.07) is 21.1. The van der Waals surface area contributed by atoms with Gasteiger partial charge in [0.1, 0.15) is 5.92 Å². The lowest BCUT2D eigenvalue weighted by atomic mass is 9.90. The molecule has 3 atom stereocenters. The van der Waals surface area contributed by atoms with E-state index < -0.39 is 24.0 Å². The molecular formula is C28H27ClN2O5. The minimum absolute atomic E-state index is 0.321. The van der Waals surface area contributed by atoms with Crippen molar-refractivity contribution >= 4 is 34.8 Å². The molecule has 0 saturated carbocycles. The molecule has 7 nitrogen and oxygen atoms in total. The van der Waals surface area contributed by atoms with Gasteiger partial charge >= 0.3 is 0 Å². The topological polar surface area (TPSA) is 68.3 Å². The van der Waals surface area contributed by atoms with E-state index in [2.05, 4.69) is 6.92 Å². The van der Waals surface area contributed by atoms with Gasteiger partial charge in [-0.1, -0.05) is 49.2 Å². The molecule has 186 valence electrons. The Morgan fingerprint density at radius 3 is 2.36 bits per heavy atom. The van der Waals surface area contributed by atoms with Crippen LogP contribution in [0, 0.1) is 5.92 Å². The number of carbonyl (C=O) groups excluding carboxylic acids is 2. The lowest BCUT2D eigenvalue weighted by Crippen LogP contribution is -2.37. The third kappa shape index (κ3) is 4.29. The molecule has 0 N–H and O–H groups in total. The van der Waals surface area contributed by atoms with Gasteiger partial charge < -0.3 is 9.47 Å². The maximum absolute atomic E-state index is 13.7. The van der Waals surface area contributed by atoms with Gasteiger partial charge in [0.25, 0.3) is 5.91 Å². The Kier molecular flexibility index (Phi) is 6.85. The minimum atomic E-state index is -0.954. The van der Waals surface area contributed by atoms with Crippen molar-refractivity contribution in [1.29, 1.82) is 0 Å². The first-order valence-corrected chi connectivity index (χ1v) is 12.4. The number of fused-ring (bicyclic) bond motifs is 1. The van der Waals surface area contributed by atoms with Gasteiger partial charge in [-0.2, -0.15) is 0 Å². The Balaban J connectivity index is 1.54. The minimum Gasteiger partial charge on any atom is -0.493 e. The summed E-state index contributed by atoms with van der Waals surface area (Å²) in [5.41, 5.74) is 2.00. The highest BCUT2D eigenvalue weighted by molar-refractivity contribution is 6.31. The Hall–Kier alpha value is -3.55. The monoisotopic (exact) mass is 506 g/mol. The summed E-state index contributed by atoms with van der Waals surface area (Å²) in [5, 5.41) is 2.19. The molecule has 2 aliphatic rings. The number of hydroxylamine groups is 1. The van der Waals surface area contributed by atoms with E-state index in [-0.39, 0.29) is 5.91 Å². The number of carbonyl (C=O) groups is 2. The highest BCUT2D eigenvalue weighted by atomic mass is 35.5. The molecule has 0 spiro atoms. The van der Waals surface area contributed by atoms with Crippen molar-refractivity contribution in [2.24, 2.45) is 5.92 Å². The molecule has 2 amide bonds. The Bertz CT molecular complexity index is 1250. The molecule has 0 radical (unpaired) electrons. The van der Waals surface area contributed by atoms with Crippen molar-refractivity contribution in [2.75, 3.05) is 23.7 Å². The summed E-state index contributed by atoms with van der Waals surface area (Å²) in [5.74, 6) is -0.274. The number of anilines is 2. The van der Waals surface area contributed by atoms with Gasteiger partial charge in [0.05, 0.1) is 31.1 Å². The zero-order chi connectivity index (χ0) is 25.2. The quantitative estimate of drug-likeness (QED) is 0.293. The Labute approximate surface area is 215 Å². The van der Waals surface area contributed by atoms with Crippen LogP contribution < -0.4 is 19.4 Å². The lowest BCUT2D eigenvalue weighted by Gasteiger charge is -2.29.